The molecule has 2 aromatic rings. The van der Waals surface area contributed by atoms with Crippen molar-refractivity contribution < 1.29 is 28.5 Å². The molecule has 1 aliphatic rings. The summed E-state index contributed by atoms with van der Waals surface area (Å²) in [6, 6.07) is 10.8. The van der Waals surface area contributed by atoms with Gasteiger partial charge in [0.1, 0.15) is 11.5 Å². The largest absolute Gasteiger partial charge is 0.497 e. The van der Waals surface area contributed by atoms with Gasteiger partial charge in [-0.05, 0) is 36.2 Å². The minimum atomic E-state index is -0.0976. The standard InChI is InChI=1S/C24H30N2O6/c1-29-19-14-18(15-20(16-19)30-2)24(28)26-11-9-25(10-12-26)23(27)8-6-17-5-7-21(31-3)22(13-17)32-4/h5,7,13-16H,6,8-12H2,1-4H3. The molecule has 2 amide bonds. The molecule has 1 aliphatic heterocycles. The Morgan fingerprint density at radius 3 is 1.91 bits per heavy atom. The molecule has 32 heavy (non-hydrogen) atoms. The topological polar surface area (TPSA) is 77.5 Å². The fraction of sp³-hybridized carbons (Fsp3) is 0.417. The molecular weight excluding hydrogens is 412 g/mol. The number of rotatable bonds is 8. The number of ether oxygens (including phenoxy) is 4. The number of hydrogen-bond acceptors (Lipinski definition) is 6. The fourth-order valence-electron chi connectivity index (χ4n) is 3.72. The maximum Gasteiger partial charge on any atom is 0.254 e. The highest BCUT2D eigenvalue weighted by Crippen LogP contribution is 2.28. The van der Waals surface area contributed by atoms with Crippen molar-refractivity contribution in [2.75, 3.05) is 54.6 Å². The van der Waals surface area contributed by atoms with Crippen LogP contribution in [0.3, 0.4) is 0 Å². The maximum atomic E-state index is 12.9. The Kier molecular flexibility index (Phi) is 7.81. The lowest BCUT2D eigenvalue weighted by Crippen LogP contribution is -2.50. The molecule has 0 spiro atoms. The summed E-state index contributed by atoms with van der Waals surface area (Å²) in [6.45, 7) is 2.00. The van der Waals surface area contributed by atoms with E-state index in [1.54, 1.807) is 51.5 Å². The third kappa shape index (κ3) is 5.43. The third-order valence-electron chi connectivity index (χ3n) is 5.59. The minimum Gasteiger partial charge on any atom is -0.497 e. The molecular formula is C24H30N2O6. The van der Waals surface area contributed by atoms with Crippen molar-refractivity contribution >= 4 is 11.8 Å². The number of carbonyl (C=O) groups is 2. The van der Waals surface area contributed by atoms with Crippen LogP contribution in [0.4, 0.5) is 0 Å². The van der Waals surface area contributed by atoms with E-state index in [1.807, 2.05) is 23.1 Å². The van der Waals surface area contributed by atoms with E-state index in [4.69, 9.17) is 18.9 Å². The van der Waals surface area contributed by atoms with Crippen LogP contribution in [0.1, 0.15) is 22.3 Å². The highest BCUT2D eigenvalue weighted by atomic mass is 16.5. The van der Waals surface area contributed by atoms with Crippen molar-refractivity contribution in [2.24, 2.45) is 0 Å². The average Bonchev–Trinajstić information content (AvgIpc) is 2.86. The predicted molar refractivity (Wildman–Crippen MR) is 120 cm³/mol. The molecule has 0 atom stereocenters. The van der Waals surface area contributed by atoms with Crippen LogP contribution in [0.15, 0.2) is 36.4 Å². The summed E-state index contributed by atoms with van der Waals surface area (Å²) in [7, 11) is 6.29. The van der Waals surface area contributed by atoms with E-state index in [2.05, 4.69) is 0 Å². The Bertz CT molecular complexity index is 931. The maximum absolute atomic E-state index is 12.9. The zero-order valence-corrected chi connectivity index (χ0v) is 19.1. The molecule has 2 aromatic carbocycles. The lowest BCUT2D eigenvalue weighted by Gasteiger charge is -2.35. The van der Waals surface area contributed by atoms with Crippen LogP contribution in [0, 0.1) is 0 Å². The number of carbonyl (C=O) groups excluding carboxylic acids is 2. The van der Waals surface area contributed by atoms with Gasteiger partial charge in [0, 0.05) is 44.2 Å². The molecule has 0 aromatic heterocycles. The van der Waals surface area contributed by atoms with Crippen molar-refractivity contribution in [2.45, 2.75) is 12.8 Å². The van der Waals surface area contributed by atoms with E-state index >= 15 is 0 Å². The van der Waals surface area contributed by atoms with E-state index in [0.29, 0.717) is 67.6 Å². The Balaban J connectivity index is 1.54. The first-order valence-corrected chi connectivity index (χ1v) is 10.5. The number of piperazine rings is 1. The van der Waals surface area contributed by atoms with Crippen LogP contribution >= 0.6 is 0 Å². The molecule has 1 heterocycles. The number of benzene rings is 2. The summed E-state index contributed by atoms with van der Waals surface area (Å²) in [5.41, 5.74) is 1.52. The molecule has 8 nitrogen and oxygen atoms in total. The van der Waals surface area contributed by atoms with Crippen LogP contribution in [0.5, 0.6) is 23.0 Å². The number of nitrogens with zero attached hydrogens (tertiary/aromatic N) is 2. The van der Waals surface area contributed by atoms with Crippen LogP contribution in [-0.4, -0.2) is 76.2 Å². The van der Waals surface area contributed by atoms with Gasteiger partial charge in [0.15, 0.2) is 11.5 Å². The Labute approximate surface area is 188 Å². The number of aryl methyl sites for hydroxylation is 1. The Hall–Kier alpha value is -3.42. The van der Waals surface area contributed by atoms with Gasteiger partial charge in [-0.25, -0.2) is 0 Å². The Morgan fingerprint density at radius 2 is 1.34 bits per heavy atom. The smallest absolute Gasteiger partial charge is 0.254 e. The summed E-state index contributed by atoms with van der Waals surface area (Å²) in [5.74, 6) is 2.43. The second-order valence-electron chi connectivity index (χ2n) is 7.46. The molecule has 0 saturated carbocycles. The lowest BCUT2D eigenvalue weighted by molar-refractivity contribution is -0.132. The first-order valence-electron chi connectivity index (χ1n) is 10.5. The monoisotopic (exact) mass is 442 g/mol. The van der Waals surface area contributed by atoms with Gasteiger partial charge >= 0.3 is 0 Å². The van der Waals surface area contributed by atoms with E-state index in [0.717, 1.165) is 5.56 Å². The molecule has 3 rings (SSSR count). The summed E-state index contributed by atoms with van der Waals surface area (Å²) in [4.78, 5) is 29.2. The summed E-state index contributed by atoms with van der Waals surface area (Å²) < 4.78 is 21.1. The molecule has 0 bridgehead atoms. The first-order chi connectivity index (χ1) is 15.5. The second kappa shape index (κ2) is 10.7. The number of amides is 2. The van der Waals surface area contributed by atoms with Crippen molar-refractivity contribution in [3.63, 3.8) is 0 Å². The molecule has 0 aliphatic carbocycles. The molecule has 172 valence electrons. The van der Waals surface area contributed by atoms with Gasteiger partial charge in [-0.15, -0.1) is 0 Å². The molecule has 0 radical (unpaired) electrons. The molecule has 1 saturated heterocycles. The highest BCUT2D eigenvalue weighted by Gasteiger charge is 2.25. The zero-order valence-electron chi connectivity index (χ0n) is 19.1. The van der Waals surface area contributed by atoms with Gasteiger partial charge in [0.25, 0.3) is 5.91 Å². The number of hydrogen-bond donors (Lipinski definition) is 0. The van der Waals surface area contributed by atoms with E-state index < -0.39 is 0 Å². The quantitative estimate of drug-likeness (QED) is 0.626. The van der Waals surface area contributed by atoms with Crippen LogP contribution in [0.25, 0.3) is 0 Å². The molecule has 0 unspecified atom stereocenters. The molecule has 0 N–H and O–H groups in total. The lowest BCUT2D eigenvalue weighted by atomic mass is 10.1. The van der Waals surface area contributed by atoms with Crippen molar-refractivity contribution in [3.05, 3.63) is 47.5 Å². The van der Waals surface area contributed by atoms with Gasteiger partial charge in [0.2, 0.25) is 5.91 Å². The summed E-state index contributed by atoms with van der Waals surface area (Å²) in [5, 5.41) is 0. The SMILES string of the molecule is COc1cc(OC)cc(C(=O)N2CCN(C(=O)CCc3ccc(OC)c(OC)c3)CC2)c1. The minimum absolute atomic E-state index is 0.0786. The second-order valence-corrected chi connectivity index (χ2v) is 7.46. The normalized spacial score (nSPS) is 13.5. The van der Waals surface area contributed by atoms with E-state index in [1.165, 1.54) is 0 Å². The fourth-order valence-corrected chi connectivity index (χ4v) is 3.72. The van der Waals surface area contributed by atoms with Gasteiger partial charge in [-0.1, -0.05) is 6.07 Å². The van der Waals surface area contributed by atoms with Gasteiger partial charge in [-0.2, -0.15) is 0 Å². The van der Waals surface area contributed by atoms with Gasteiger partial charge in [-0.3, -0.25) is 9.59 Å². The third-order valence-corrected chi connectivity index (χ3v) is 5.59. The molecule has 1 fully saturated rings. The van der Waals surface area contributed by atoms with Crippen LogP contribution in [-0.2, 0) is 11.2 Å². The van der Waals surface area contributed by atoms with Gasteiger partial charge < -0.3 is 28.7 Å². The summed E-state index contributed by atoms with van der Waals surface area (Å²) >= 11 is 0. The van der Waals surface area contributed by atoms with Crippen LogP contribution in [0.2, 0.25) is 0 Å². The van der Waals surface area contributed by atoms with E-state index in [9.17, 15) is 9.59 Å². The van der Waals surface area contributed by atoms with Gasteiger partial charge in [0.05, 0.1) is 28.4 Å². The number of methoxy groups -OCH3 is 4. The van der Waals surface area contributed by atoms with Crippen LogP contribution < -0.4 is 18.9 Å². The highest BCUT2D eigenvalue weighted by molar-refractivity contribution is 5.95. The predicted octanol–water partition coefficient (Wildman–Crippen LogP) is 2.64. The molecule has 8 heteroatoms. The van der Waals surface area contributed by atoms with Crippen molar-refractivity contribution in [1.82, 2.24) is 9.80 Å². The first kappa shape index (κ1) is 23.2. The van der Waals surface area contributed by atoms with Crippen molar-refractivity contribution in [3.8, 4) is 23.0 Å². The summed E-state index contributed by atoms with van der Waals surface area (Å²) in [6.07, 6.45) is 1.01. The average molecular weight is 443 g/mol. The Morgan fingerprint density at radius 1 is 0.750 bits per heavy atom. The van der Waals surface area contributed by atoms with Crippen molar-refractivity contribution in [1.29, 1.82) is 0 Å². The zero-order chi connectivity index (χ0) is 23.1. The van der Waals surface area contributed by atoms with E-state index in [-0.39, 0.29) is 11.8 Å².